The van der Waals surface area contributed by atoms with Gasteiger partial charge in [0.2, 0.25) is 0 Å². The minimum absolute atomic E-state index is 0.286. The number of aryl methyl sites for hydroxylation is 1. The lowest BCUT2D eigenvalue weighted by atomic mass is 10.1. The summed E-state index contributed by atoms with van der Waals surface area (Å²) in [5.74, 6) is 0.953. The SMILES string of the molecule is CCc1ncccc1N1CCC(S(=O)(=O)c2ccc(OC)c(OC)c2)CC1. The first-order valence-electron chi connectivity index (χ1n) is 9.16. The molecule has 2 aromatic rings. The van der Waals surface area contributed by atoms with E-state index in [9.17, 15) is 8.42 Å². The zero-order valence-corrected chi connectivity index (χ0v) is 16.8. The molecule has 1 aliphatic heterocycles. The molecule has 0 unspecified atom stereocenters. The highest BCUT2D eigenvalue weighted by molar-refractivity contribution is 7.92. The molecule has 0 radical (unpaired) electrons. The summed E-state index contributed by atoms with van der Waals surface area (Å²) in [6.45, 7) is 3.49. The van der Waals surface area contributed by atoms with Crippen molar-refractivity contribution in [1.29, 1.82) is 0 Å². The first-order valence-corrected chi connectivity index (χ1v) is 10.7. The molecule has 1 aromatic carbocycles. The number of hydrogen-bond acceptors (Lipinski definition) is 6. The monoisotopic (exact) mass is 390 g/mol. The molecule has 0 atom stereocenters. The second-order valence-corrected chi connectivity index (χ2v) is 8.80. The molecule has 0 N–H and O–H groups in total. The molecule has 6 nitrogen and oxygen atoms in total. The highest BCUT2D eigenvalue weighted by atomic mass is 32.2. The number of rotatable bonds is 6. The largest absolute Gasteiger partial charge is 0.493 e. The first kappa shape index (κ1) is 19.5. The zero-order valence-electron chi connectivity index (χ0n) is 16.0. The Morgan fingerprint density at radius 3 is 2.44 bits per heavy atom. The van der Waals surface area contributed by atoms with Gasteiger partial charge in [0.25, 0.3) is 0 Å². The fourth-order valence-electron chi connectivity index (χ4n) is 3.58. The molecule has 0 bridgehead atoms. The summed E-state index contributed by atoms with van der Waals surface area (Å²) in [5.41, 5.74) is 2.17. The van der Waals surface area contributed by atoms with Gasteiger partial charge in [0.15, 0.2) is 21.3 Å². The van der Waals surface area contributed by atoms with Crippen LogP contribution in [0.3, 0.4) is 0 Å². The number of aromatic nitrogens is 1. The van der Waals surface area contributed by atoms with Crippen LogP contribution in [0.5, 0.6) is 11.5 Å². The van der Waals surface area contributed by atoms with Crippen LogP contribution in [0, 0.1) is 0 Å². The number of hydrogen-bond donors (Lipinski definition) is 0. The smallest absolute Gasteiger partial charge is 0.181 e. The maximum atomic E-state index is 13.1. The Hall–Kier alpha value is -2.28. The Morgan fingerprint density at radius 2 is 1.81 bits per heavy atom. The third-order valence-electron chi connectivity index (χ3n) is 5.11. The Bertz CT molecular complexity index is 891. The topological polar surface area (TPSA) is 68.7 Å². The number of nitrogens with zero attached hydrogens (tertiary/aromatic N) is 2. The van der Waals surface area contributed by atoms with E-state index < -0.39 is 15.1 Å². The van der Waals surface area contributed by atoms with Gasteiger partial charge in [-0.15, -0.1) is 0 Å². The van der Waals surface area contributed by atoms with Gasteiger partial charge in [-0.1, -0.05) is 6.92 Å². The van der Waals surface area contributed by atoms with Crippen LogP contribution in [0.2, 0.25) is 0 Å². The molecule has 1 fully saturated rings. The predicted molar refractivity (Wildman–Crippen MR) is 106 cm³/mol. The zero-order chi connectivity index (χ0) is 19.4. The standard InChI is InChI=1S/C20H26N2O4S/c1-4-17-18(6-5-11-21-17)22-12-9-15(10-13-22)27(23,24)16-7-8-19(25-2)20(14-16)26-3/h5-8,11,14-15H,4,9-10,12-13H2,1-3H3. The number of benzene rings is 1. The van der Waals surface area contributed by atoms with E-state index in [-0.39, 0.29) is 4.90 Å². The van der Waals surface area contributed by atoms with E-state index in [2.05, 4.69) is 22.9 Å². The molecule has 2 heterocycles. The van der Waals surface area contributed by atoms with Crippen molar-refractivity contribution in [2.75, 3.05) is 32.2 Å². The van der Waals surface area contributed by atoms with Crippen molar-refractivity contribution in [3.8, 4) is 11.5 Å². The molecule has 7 heteroatoms. The molecule has 0 spiro atoms. The number of piperidine rings is 1. The average molecular weight is 391 g/mol. The van der Waals surface area contributed by atoms with Gasteiger partial charge in [-0.3, -0.25) is 4.98 Å². The van der Waals surface area contributed by atoms with Crippen LogP contribution >= 0.6 is 0 Å². The van der Waals surface area contributed by atoms with E-state index in [0.29, 0.717) is 37.4 Å². The van der Waals surface area contributed by atoms with Gasteiger partial charge in [-0.25, -0.2) is 8.42 Å². The van der Waals surface area contributed by atoms with Crippen LogP contribution in [-0.4, -0.2) is 46.0 Å². The van der Waals surface area contributed by atoms with E-state index in [0.717, 1.165) is 17.8 Å². The normalized spacial score (nSPS) is 15.6. The summed E-state index contributed by atoms with van der Waals surface area (Å²) >= 11 is 0. The maximum absolute atomic E-state index is 13.1. The van der Waals surface area contributed by atoms with Gasteiger partial charge < -0.3 is 14.4 Å². The van der Waals surface area contributed by atoms with Crippen LogP contribution in [0.15, 0.2) is 41.4 Å². The minimum atomic E-state index is -3.42. The summed E-state index contributed by atoms with van der Waals surface area (Å²) in [6.07, 6.45) is 3.85. The number of ether oxygens (including phenoxy) is 2. The van der Waals surface area contributed by atoms with Crippen molar-refractivity contribution in [2.45, 2.75) is 36.3 Å². The highest BCUT2D eigenvalue weighted by Crippen LogP contribution is 2.33. The van der Waals surface area contributed by atoms with Crippen molar-refractivity contribution in [2.24, 2.45) is 0 Å². The lowest BCUT2D eigenvalue weighted by Gasteiger charge is -2.34. The molecule has 1 saturated heterocycles. The van der Waals surface area contributed by atoms with Crippen molar-refractivity contribution in [1.82, 2.24) is 4.98 Å². The van der Waals surface area contributed by atoms with Crippen LogP contribution < -0.4 is 14.4 Å². The van der Waals surface area contributed by atoms with Crippen molar-refractivity contribution in [3.63, 3.8) is 0 Å². The van der Waals surface area contributed by atoms with Crippen molar-refractivity contribution in [3.05, 3.63) is 42.2 Å². The molecule has 27 heavy (non-hydrogen) atoms. The third kappa shape index (κ3) is 3.88. The van der Waals surface area contributed by atoms with Crippen molar-refractivity contribution < 1.29 is 17.9 Å². The van der Waals surface area contributed by atoms with Gasteiger partial charge in [0, 0.05) is 25.4 Å². The van der Waals surface area contributed by atoms with E-state index >= 15 is 0 Å². The Kier molecular flexibility index (Phi) is 5.89. The summed E-state index contributed by atoms with van der Waals surface area (Å²) in [7, 11) is -0.380. The molecular weight excluding hydrogens is 364 g/mol. The third-order valence-corrected chi connectivity index (χ3v) is 7.37. The fraction of sp³-hybridized carbons (Fsp3) is 0.450. The quantitative estimate of drug-likeness (QED) is 0.755. The van der Waals surface area contributed by atoms with Gasteiger partial charge in [0.05, 0.1) is 35.7 Å². The van der Waals surface area contributed by atoms with Crippen LogP contribution in [0.1, 0.15) is 25.5 Å². The second kappa shape index (κ2) is 8.17. The predicted octanol–water partition coefficient (Wildman–Crippen LogP) is 3.10. The Morgan fingerprint density at radius 1 is 1.11 bits per heavy atom. The average Bonchev–Trinajstić information content (AvgIpc) is 2.73. The minimum Gasteiger partial charge on any atom is -0.493 e. The first-order chi connectivity index (χ1) is 13.0. The van der Waals surface area contributed by atoms with Crippen molar-refractivity contribution >= 4 is 15.5 Å². The number of anilines is 1. The van der Waals surface area contributed by atoms with E-state index in [4.69, 9.17) is 9.47 Å². The maximum Gasteiger partial charge on any atom is 0.181 e. The number of pyridine rings is 1. The van der Waals surface area contributed by atoms with E-state index in [1.807, 2.05) is 6.07 Å². The molecule has 0 saturated carbocycles. The molecule has 1 aliphatic rings. The molecule has 0 aliphatic carbocycles. The molecule has 1 aromatic heterocycles. The summed E-state index contributed by atoms with van der Waals surface area (Å²) in [6, 6.07) is 8.79. The summed E-state index contributed by atoms with van der Waals surface area (Å²) in [4.78, 5) is 6.97. The molecule has 0 amide bonds. The van der Waals surface area contributed by atoms with E-state index in [1.165, 1.54) is 14.2 Å². The van der Waals surface area contributed by atoms with Gasteiger partial charge in [0.1, 0.15) is 0 Å². The lowest BCUT2D eigenvalue weighted by Crippen LogP contribution is -2.39. The number of methoxy groups -OCH3 is 2. The van der Waals surface area contributed by atoms with Gasteiger partial charge in [-0.05, 0) is 43.5 Å². The Balaban J connectivity index is 1.77. The van der Waals surface area contributed by atoms with Gasteiger partial charge in [-0.2, -0.15) is 0 Å². The van der Waals surface area contributed by atoms with Crippen LogP contribution in [0.25, 0.3) is 0 Å². The summed E-state index contributed by atoms with van der Waals surface area (Å²) < 4.78 is 36.6. The summed E-state index contributed by atoms with van der Waals surface area (Å²) in [5, 5.41) is -0.395. The van der Waals surface area contributed by atoms with E-state index in [1.54, 1.807) is 24.4 Å². The highest BCUT2D eigenvalue weighted by Gasteiger charge is 2.32. The molecule has 3 rings (SSSR count). The molecule has 146 valence electrons. The molecular formula is C20H26N2O4S. The fourth-order valence-corrected chi connectivity index (χ4v) is 5.33. The Labute approximate surface area is 161 Å². The van der Waals surface area contributed by atoms with Crippen LogP contribution in [0.4, 0.5) is 5.69 Å². The number of sulfone groups is 1. The second-order valence-electron chi connectivity index (χ2n) is 6.57. The van der Waals surface area contributed by atoms with Crippen LogP contribution in [-0.2, 0) is 16.3 Å². The van der Waals surface area contributed by atoms with Gasteiger partial charge >= 0.3 is 0 Å². The lowest BCUT2D eigenvalue weighted by molar-refractivity contribution is 0.354.